The Kier molecular flexibility index (Phi) is 3.71. The molecule has 2 nitrogen and oxygen atoms in total. The lowest BCUT2D eigenvalue weighted by molar-refractivity contribution is 0.479. The van der Waals surface area contributed by atoms with Gasteiger partial charge in [-0.2, -0.15) is 5.26 Å². The lowest BCUT2D eigenvalue weighted by Gasteiger charge is -2.08. The molecule has 2 rings (SSSR count). The Hall–Kier alpha value is -1.76. The van der Waals surface area contributed by atoms with E-state index in [4.69, 9.17) is 33.2 Å². The first-order chi connectivity index (χ1) is 8.58. The summed E-state index contributed by atoms with van der Waals surface area (Å²) in [6.45, 7) is 0. The van der Waals surface area contributed by atoms with Gasteiger partial charge in [-0.15, -0.1) is 0 Å². The van der Waals surface area contributed by atoms with Gasteiger partial charge in [-0.1, -0.05) is 23.2 Å². The molecule has 2 aromatic carbocycles. The minimum atomic E-state index is -0.497. The molecular weight excluding hydrogens is 276 g/mol. The number of nitrogens with zero attached hydrogens (tertiary/aromatic N) is 1. The van der Waals surface area contributed by atoms with Crippen LogP contribution in [0.4, 0.5) is 4.39 Å². The molecule has 0 fully saturated rings. The second kappa shape index (κ2) is 5.26. The average Bonchev–Trinajstić information content (AvgIpc) is 2.30. The van der Waals surface area contributed by atoms with Crippen LogP contribution in [0.5, 0.6) is 11.5 Å². The highest BCUT2D eigenvalue weighted by Crippen LogP contribution is 2.30. The first-order valence-electron chi connectivity index (χ1n) is 4.92. The molecule has 18 heavy (non-hydrogen) atoms. The Morgan fingerprint density at radius 2 is 1.72 bits per heavy atom. The highest BCUT2D eigenvalue weighted by Gasteiger charge is 2.07. The number of benzene rings is 2. The van der Waals surface area contributed by atoms with Crippen LogP contribution in [0.1, 0.15) is 5.56 Å². The third-order valence-corrected chi connectivity index (χ3v) is 2.56. The van der Waals surface area contributed by atoms with Gasteiger partial charge in [0, 0.05) is 10.0 Å². The maximum Gasteiger partial charge on any atom is 0.145 e. The van der Waals surface area contributed by atoms with E-state index in [0.29, 0.717) is 15.8 Å². The molecule has 0 aromatic heterocycles. The third-order valence-electron chi connectivity index (χ3n) is 2.13. The number of rotatable bonds is 2. The fourth-order valence-electron chi connectivity index (χ4n) is 1.39. The lowest BCUT2D eigenvalue weighted by atomic mass is 10.2. The molecule has 0 aliphatic carbocycles. The van der Waals surface area contributed by atoms with Crippen molar-refractivity contribution >= 4 is 23.2 Å². The van der Waals surface area contributed by atoms with E-state index in [1.807, 2.05) is 6.07 Å². The first-order valence-corrected chi connectivity index (χ1v) is 5.67. The molecule has 0 N–H and O–H groups in total. The molecule has 5 heteroatoms. The number of ether oxygens (including phenoxy) is 1. The fourth-order valence-corrected chi connectivity index (χ4v) is 1.90. The van der Waals surface area contributed by atoms with Crippen LogP contribution >= 0.6 is 23.2 Å². The summed E-state index contributed by atoms with van der Waals surface area (Å²) in [6.07, 6.45) is 0. The van der Waals surface area contributed by atoms with Crippen LogP contribution in [0.2, 0.25) is 10.0 Å². The molecule has 0 spiro atoms. The molecule has 0 amide bonds. The van der Waals surface area contributed by atoms with Crippen LogP contribution in [0.3, 0.4) is 0 Å². The maximum atomic E-state index is 13.0. The minimum Gasteiger partial charge on any atom is -0.456 e. The van der Waals surface area contributed by atoms with Crippen LogP contribution in [-0.4, -0.2) is 0 Å². The third kappa shape index (κ3) is 2.92. The Labute approximate surface area is 113 Å². The van der Waals surface area contributed by atoms with Crippen molar-refractivity contribution in [2.45, 2.75) is 0 Å². The summed E-state index contributed by atoms with van der Waals surface area (Å²) in [5, 5.41) is 9.71. The summed E-state index contributed by atoms with van der Waals surface area (Å²) < 4.78 is 18.4. The van der Waals surface area contributed by atoms with E-state index in [1.54, 1.807) is 18.2 Å². The van der Waals surface area contributed by atoms with E-state index in [0.717, 1.165) is 6.07 Å². The minimum absolute atomic E-state index is 0.103. The Balaban J connectivity index is 2.37. The molecule has 2 aromatic rings. The zero-order valence-electron chi connectivity index (χ0n) is 8.95. The van der Waals surface area contributed by atoms with Crippen molar-refractivity contribution in [3.63, 3.8) is 0 Å². The van der Waals surface area contributed by atoms with E-state index < -0.39 is 5.82 Å². The highest BCUT2D eigenvalue weighted by atomic mass is 35.5. The molecule has 0 saturated carbocycles. The predicted octanol–water partition coefficient (Wildman–Crippen LogP) is 4.80. The molecule has 90 valence electrons. The topological polar surface area (TPSA) is 33.0 Å². The van der Waals surface area contributed by atoms with Crippen molar-refractivity contribution in [1.82, 2.24) is 0 Å². The van der Waals surface area contributed by atoms with Gasteiger partial charge in [-0.25, -0.2) is 4.39 Å². The van der Waals surface area contributed by atoms with Gasteiger partial charge in [0.1, 0.15) is 23.4 Å². The van der Waals surface area contributed by atoms with Crippen molar-refractivity contribution in [3.05, 3.63) is 57.8 Å². The summed E-state index contributed by atoms with van der Waals surface area (Å²) in [5.74, 6) is 0.135. The van der Waals surface area contributed by atoms with Gasteiger partial charge in [0.05, 0.1) is 5.56 Å². The molecule has 0 atom stereocenters. The predicted molar refractivity (Wildman–Crippen MR) is 67.7 cm³/mol. The standard InChI is InChI=1S/C13H6Cl2FNO/c14-9-4-10(15)6-12(5-9)18-13-2-1-11(16)3-8(13)7-17/h1-6H. The van der Waals surface area contributed by atoms with Gasteiger partial charge in [-0.3, -0.25) is 0 Å². The van der Waals surface area contributed by atoms with E-state index in [1.165, 1.54) is 12.1 Å². The SMILES string of the molecule is N#Cc1cc(F)ccc1Oc1cc(Cl)cc(Cl)c1. The Morgan fingerprint density at radius 1 is 1.06 bits per heavy atom. The van der Waals surface area contributed by atoms with Crippen molar-refractivity contribution < 1.29 is 9.13 Å². The van der Waals surface area contributed by atoms with Gasteiger partial charge < -0.3 is 4.74 Å². The van der Waals surface area contributed by atoms with E-state index in [9.17, 15) is 4.39 Å². The number of hydrogen-bond acceptors (Lipinski definition) is 2. The molecule has 0 radical (unpaired) electrons. The number of nitriles is 1. The summed E-state index contributed by atoms with van der Waals surface area (Å²) >= 11 is 11.7. The van der Waals surface area contributed by atoms with E-state index in [-0.39, 0.29) is 11.3 Å². The zero-order chi connectivity index (χ0) is 13.1. The Morgan fingerprint density at radius 3 is 2.33 bits per heavy atom. The Bertz CT molecular complexity index is 617. The molecule has 0 bridgehead atoms. The van der Waals surface area contributed by atoms with Crippen LogP contribution in [0, 0.1) is 17.1 Å². The summed E-state index contributed by atoms with van der Waals surface area (Å²) in [7, 11) is 0. The maximum absolute atomic E-state index is 13.0. The molecule has 0 aliphatic heterocycles. The summed E-state index contributed by atoms with van der Waals surface area (Å²) in [6, 6.07) is 10.2. The monoisotopic (exact) mass is 281 g/mol. The van der Waals surface area contributed by atoms with Gasteiger partial charge in [0.15, 0.2) is 0 Å². The summed E-state index contributed by atoms with van der Waals surface area (Å²) in [5.41, 5.74) is 0.103. The van der Waals surface area contributed by atoms with E-state index in [2.05, 4.69) is 0 Å². The second-order valence-corrected chi connectivity index (χ2v) is 4.33. The molecule has 0 saturated heterocycles. The molecular formula is C13H6Cl2FNO. The van der Waals surface area contributed by atoms with Crippen LogP contribution < -0.4 is 4.74 Å². The quantitative estimate of drug-likeness (QED) is 0.792. The van der Waals surface area contributed by atoms with Crippen molar-refractivity contribution in [2.24, 2.45) is 0 Å². The van der Waals surface area contributed by atoms with Gasteiger partial charge >= 0.3 is 0 Å². The van der Waals surface area contributed by atoms with Crippen molar-refractivity contribution in [3.8, 4) is 17.6 Å². The van der Waals surface area contributed by atoms with Crippen LogP contribution in [-0.2, 0) is 0 Å². The summed E-state index contributed by atoms with van der Waals surface area (Å²) in [4.78, 5) is 0. The van der Waals surface area contributed by atoms with Crippen molar-refractivity contribution in [1.29, 1.82) is 5.26 Å². The van der Waals surface area contributed by atoms with E-state index >= 15 is 0 Å². The first kappa shape index (κ1) is 12.7. The zero-order valence-corrected chi connectivity index (χ0v) is 10.5. The lowest BCUT2D eigenvalue weighted by Crippen LogP contribution is -1.89. The smallest absolute Gasteiger partial charge is 0.145 e. The second-order valence-electron chi connectivity index (χ2n) is 3.46. The van der Waals surface area contributed by atoms with Gasteiger partial charge in [0.2, 0.25) is 0 Å². The largest absolute Gasteiger partial charge is 0.456 e. The number of hydrogen-bond donors (Lipinski definition) is 0. The average molecular weight is 282 g/mol. The van der Waals surface area contributed by atoms with Crippen LogP contribution in [0.15, 0.2) is 36.4 Å². The van der Waals surface area contributed by atoms with Crippen molar-refractivity contribution in [2.75, 3.05) is 0 Å². The highest BCUT2D eigenvalue weighted by molar-refractivity contribution is 6.34. The number of halogens is 3. The normalized spacial score (nSPS) is 9.89. The molecule has 0 heterocycles. The van der Waals surface area contributed by atoms with Crippen LogP contribution in [0.25, 0.3) is 0 Å². The van der Waals surface area contributed by atoms with Gasteiger partial charge in [0.25, 0.3) is 0 Å². The fraction of sp³-hybridized carbons (Fsp3) is 0. The molecule has 0 unspecified atom stereocenters. The molecule has 0 aliphatic rings. The van der Waals surface area contributed by atoms with Gasteiger partial charge in [-0.05, 0) is 36.4 Å².